The third kappa shape index (κ3) is 5.97. The number of ether oxygens (including phenoxy) is 1. The first-order valence-corrected chi connectivity index (χ1v) is 12.4. The van der Waals surface area contributed by atoms with Gasteiger partial charge in [0.25, 0.3) is 0 Å². The molecule has 1 unspecified atom stereocenters. The molecule has 1 aromatic heterocycles. The second-order valence-corrected chi connectivity index (χ2v) is 9.92. The van der Waals surface area contributed by atoms with Crippen molar-refractivity contribution >= 4 is 15.9 Å². The number of sulfonamides is 1. The first-order chi connectivity index (χ1) is 16.0. The van der Waals surface area contributed by atoms with E-state index < -0.39 is 10.0 Å². The summed E-state index contributed by atoms with van der Waals surface area (Å²) in [5, 5.41) is 2.95. The molecule has 0 radical (unpaired) electrons. The molecule has 8 heteroatoms. The van der Waals surface area contributed by atoms with Crippen LogP contribution >= 0.6 is 0 Å². The number of hydrogen-bond acceptors (Lipinski definition) is 5. The van der Waals surface area contributed by atoms with Crippen LogP contribution < -0.4 is 10.1 Å². The predicted molar refractivity (Wildman–Crippen MR) is 125 cm³/mol. The Kier molecular flexibility index (Phi) is 7.36. The van der Waals surface area contributed by atoms with E-state index in [1.807, 2.05) is 42.5 Å². The van der Waals surface area contributed by atoms with Crippen LogP contribution in [0.1, 0.15) is 24.1 Å². The van der Waals surface area contributed by atoms with E-state index in [0.717, 1.165) is 17.0 Å². The van der Waals surface area contributed by atoms with Gasteiger partial charge in [0, 0.05) is 25.8 Å². The van der Waals surface area contributed by atoms with E-state index in [9.17, 15) is 13.2 Å². The topological polar surface area (TPSA) is 88.6 Å². The molecule has 2 aromatic carbocycles. The zero-order chi connectivity index (χ0) is 23.1. The van der Waals surface area contributed by atoms with Crippen molar-refractivity contribution in [2.75, 3.05) is 13.1 Å². The van der Waals surface area contributed by atoms with Gasteiger partial charge in [-0.3, -0.25) is 9.78 Å². The molecule has 33 heavy (non-hydrogen) atoms. The molecule has 1 fully saturated rings. The van der Waals surface area contributed by atoms with Crippen LogP contribution in [0.4, 0.5) is 0 Å². The van der Waals surface area contributed by atoms with E-state index >= 15 is 0 Å². The number of hydrogen-bond donors (Lipinski definition) is 1. The number of nitrogens with one attached hydrogen (secondary N) is 1. The maximum Gasteiger partial charge on any atom is 0.243 e. The van der Waals surface area contributed by atoms with Crippen molar-refractivity contribution in [2.45, 2.75) is 30.9 Å². The standard InChI is InChI=1S/C25H27N3O4S/c29-25(21-7-6-16-28(18-21)33(30,31)24-9-2-1-3-10-24)27-17-20-11-13-23(14-12-20)32-19-22-8-4-5-15-26-22/h1-5,8-15,21H,6-7,16-19H2,(H,27,29). The van der Waals surface area contributed by atoms with Crippen molar-refractivity contribution in [3.8, 4) is 5.75 Å². The van der Waals surface area contributed by atoms with E-state index in [-0.39, 0.29) is 23.3 Å². The fraction of sp³-hybridized carbons (Fsp3) is 0.280. The van der Waals surface area contributed by atoms with Crippen LogP contribution in [-0.2, 0) is 28.0 Å². The van der Waals surface area contributed by atoms with Crippen LogP contribution in [0.5, 0.6) is 5.75 Å². The number of piperidine rings is 1. The maximum atomic E-state index is 12.9. The smallest absolute Gasteiger partial charge is 0.243 e. The van der Waals surface area contributed by atoms with Crippen LogP contribution in [0, 0.1) is 5.92 Å². The molecule has 1 aliphatic heterocycles. The van der Waals surface area contributed by atoms with Gasteiger partial charge in [-0.15, -0.1) is 0 Å². The average Bonchev–Trinajstić information content (AvgIpc) is 2.88. The lowest BCUT2D eigenvalue weighted by molar-refractivity contribution is -0.126. The Hall–Kier alpha value is -3.23. The Labute approximate surface area is 194 Å². The molecule has 1 atom stereocenters. The highest BCUT2D eigenvalue weighted by Gasteiger charge is 2.33. The number of nitrogens with zero attached hydrogens (tertiary/aromatic N) is 2. The summed E-state index contributed by atoms with van der Waals surface area (Å²) in [7, 11) is -3.59. The lowest BCUT2D eigenvalue weighted by Crippen LogP contribution is -2.45. The van der Waals surface area contributed by atoms with Crippen molar-refractivity contribution < 1.29 is 17.9 Å². The first-order valence-electron chi connectivity index (χ1n) is 11.0. The minimum Gasteiger partial charge on any atom is -0.487 e. The molecule has 4 rings (SSSR count). The summed E-state index contributed by atoms with van der Waals surface area (Å²) >= 11 is 0. The normalized spacial score (nSPS) is 16.8. The van der Waals surface area contributed by atoms with Crippen molar-refractivity contribution in [1.29, 1.82) is 0 Å². The number of carbonyl (C=O) groups is 1. The van der Waals surface area contributed by atoms with Crippen molar-refractivity contribution in [3.05, 3.63) is 90.3 Å². The largest absolute Gasteiger partial charge is 0.487 e. The van der Waals surface area contributed by atoms with Gasteiger partial charge in [0.15, 0.2) is 0 Å². The lowest BCUT2D eigenvalue weighted by atomic mass is 9.99. The molecule has 1 N–H and O–H groups in total. The van der Waals surface area contributed by atoms with E-state index in [2.05, 4.69) is 10.3 Å². The number of rotatable bonds is 8. The molecule has 0 bridgehead atoms. The molecule has 0 spiro atoms. The molecule has 1 amide bonds. The SMILES string of the molecule is O=C(NCc1ccc(OCc2ccccn2)cc1)C1CCCN(S(=O)(=O)c2ccccc2)C1. The number of amides is 1. The first kappa shape index (κ1) is 22.9. The molecule has 7 nitrogen and oxygen atoms in total. The van der Waals surface area contributed by atoms with Gasteiger partial charge in [-0.1, -0.05) is 36.4 Å². The summed E-state index contributed by atoms with van der Waals surface area (Å²) in [4.78, 5) is 17.2. The van der Waals surface area contributed by atoms with Crippen LogP contribution in [0.2, 0.25) is 0 Å². The summed E-state index contributed by atoms with van der Waals surface area (Å²) in [6.07, 6.45) is 3.06. The second kappa shape index (κ2) is 10.6. The highest BCUT2D eigenvalue weighted by molar-refractivity contribution is 7.89. The Balaban J connectivity index is 1.28. The molecular weight excluding hydrogens is 438 g/mol. The molecule has 1 aliphatic rings. The number of pyridine rings is 1. The van der Waals surface area contributed by atoms with Gasteiger partial charge in [-0.05, 0) is 54.8 Å². The monoisotopic (exact) mass is 465 g/mol. The van der Waals surface area contributed by atoms with Crippen LogP contribution in [0.25, 0.3) is 0 Å². The van der Waals surface area contributed by atoms with Crippen LogP contribution in [0.15, 0.2) is 83.9 Å². The van der Waals surface area contributed by atoms with E-state index in [0.29, 0.717) is 32.5 Å². The molecule has 172 valence electrons. The fourth-order valence-corrected chi connectivity index (χ4v) is 5.34. The Morgan fingerprint density at radius 2 is 1.79 bits per heavy atom. The zero-order valence-corrected chi connectivity index (χ0v) is 19.1. The van der Waals surface area contributed by atoms with E-state index in [1.165, 1.54) is 4.31 Å². The van der Waals surface area contributed by atoms with Crippen molar-refractivity contribution in [2.24, 2.45) is 5.92 Å². The van der Waals surface area contributed by atoms with Crippen LogP contribution in [-0.4, -0.2) is 36.7 Å². The van der Waals surface area contributed by atoms with E-state index in [1.54, 1.807) is 36.5 Å². The second-order valence-electron chi connectivity index (χ2n) is 7.99. The van der Waals surface area contributed by atoms with Gasteiger partial charge in [0.2, 0.25) is 15.9 Å². The summed E-state index contributed by atoms with van der Waals surface area (Å²) in [5.41, 5.74) is 1.79. The summed E-state index contributed by atoms with van der Waals surface area (Å²) in [6.45, 7) is 1.40. The molecule has 0 saturated carbocycles. The Bertz CT molecular complexity index is 1150. The molecule has 0 aliphatic carbocycles. The van der Waals surface area contributed by atoms with Gasteiger partial charge in [-0.25, -0.2) is 8.42 Å². The highest BCUT2D eigenvalue weighted by Crippen LogP contribution is 2.24. The van der Waals surface area contributed by atoms with Gasteiger partial charge >= 0.3 is 0 Å². The third-order valence-corrected chi connectivity index (χ3v) is 7.52. The Morgan fingerprint density at radius 1 is 1.03 bits per heavy atom. The summed E-state index contributed by atoms with van der Waals surface area (Å²) in [5.74, 6) is 0.237. The summed E-state index contributed by atoms with van der Waals surface area (Å²) < 4.78 is 32.9. The van der Waals surface area contributed by atoms with Gasteiger partial charge in [0.05, 0.1) is 16.5 Å². The molecule has 2 heterocycles. The van der Waals surface area contributed by atoms with Crippen molar-refractivity contribution in [3.63, 3.8) is 0 Å². The quantitative estimate of drug-likeness (QED) is 0.551. The van der Waals surface area contributed by atoms with Gasteiger partial charge in [0.1, 0.15) is 12.4 Å². The van der Waals surface area contributed by atoms with Crippen molar-refractivity contribution in [1.82, 2.24) is 14.6 Å². The van der Waals surface area contributed by atoms with Gasteiger partial charge < -0.3 is 10.1 Å². The summed E-state index contributed by atoms with van der Waals surface area (Å²) in [6, 6.07) is 21.6. The van der Waals surface area contributed by atoms with Crippen LogP contribution in [0.3, 0.4) is 0 Å². The Morgan fingerprint density at radius 3 is 2.52 bits per heavy atom. The fourth-order valence-electron chi connectivity index (χ4n) is 3.79. The predicted octanol–water partition coefficient (Wildman–Crippen LogP) is 3.38. The minimum atomic E-state index is -3.59. The number of benzene rings is 2. The molecule has 1 saturated heterocycles. The van der Waals surface area contributed by atoms with Gasteiger partial charge in [-0.2, -0.15) is 4.31 Å². The maximum absolute atomic E-state index is 12.9. The number of aromatic nitrogens is 1. The highest BCUT2D eigenvalue weighted by atomic mass is 32.2. The zero-order valence-electron chi connectivity index (χ0n) is 18.3. The number of carbonyl (C=O) groups excluding carboxylic acids is 1. The third-order valence-electron chi connectivity index (χ3n) is 5.64. The molecule has 3 aromatic rings. The van der Waals surface area contributed by atoms with E-state index in [4.69, 9.17) is 4.74 Å². The molecular formula is C25H27N3O4S. The minimum absolute atomic E-state index is 0.126. The average molecular weight is 466 g/mol. The lowest BCUT2D eigenvalue weighted by Gasteiger charge is -2.31.